The fourth-order valence-electron chi connectivity index (χ4n) is 1.90. The predicted octanol–water partition coefficient (Wildman–Crippen LogP) is 2.31. The van der Waals surface area contributed by atoms with E-state index >= 15 is 0 Å². The maximum absolute atomic E-state index is 4.46. The summed E-state index contributed by atoms with van der Waals surface area (Å²) in [4.78, 5) is 5.78. The Labute approximate surface area is 95.3 Å². The van der Waals surface area contributed by atoms with Crippen molar-refractivity contribution in [2.24, 2.45) is 0 Å². The quantitative estimate of drug-likeness (QED) is 0.825. The van der Waals surface area contributed by atoms with Crippen molar-refractivity contribution in [1.82, 2.24) is 10.3 Å². The van der Waals surface area contributed by atoms with Gasteiger partial charge in [0.1, 0.15) is 0 Å². The van der Waals surface area contributed by atoms with E-state index in [4.69, 9.17) is 0 Å². The number of aromatic nitrogens is 1. The Morgan fingerprint density at radius 2 is 2.40 bits per heavy atom. The number of rotatable bonds is 4. The second-order valence-electron chi connectivity index (χ2n) is 4.17. The van der Waals surface area contributed by atoms with Crippen molar-refractivity contribution in [3.05, 3.63) is 10.6 Å². The molecule has 0 bridgehead atoms. The van der Waals surface area contributed by atoms with Crippen LogP contribution in [0.3, 0.4) is 0 Å². The van der Waals surface area contributed by atoms with Crippen molar-refractivity contribution in [3.63, 3.8) is 0 Å². The van der Waals surface area contributed by atoms with Crippen molar-refractivity contribution < 1.29 is 0 Å². The molecular formula is C11H19N3S. The summed E-state index contributed by atoms with van der Waals surface area (Å²) in [5.41, 5.74) is 1.15. The lowest BCUT2D eigenvalue weighted by Crippen LogP contribution is -2.24. The lowest BCUT2D eigenvalue weighted by Gasteiger charge is -2.09. The van der Waals surface area contributed by atoms with E-state index in [0.29, 0.717) is 0 Å². The first kappa shape index (κ1) is 10.9. The molecular weight excluding hydrogens is 206 g/mol. The first-order chi connectivity index (χ1) is 7.25. The Hall–Kier alpha value is -0.610. The molecule has 1 saturated heterocycles. The van der Waals surface area contributed by atoms with Crippen LogP contribution >= 0.6 is 11.3 Å². The zero-order valence-corrected chi connectivity index (χ0v) is 10.3. The van der Waals surface area contributed by atoms with Crippen LogP contribution in [0.1, 0.15) is 29.8 Å². The summed E-state index contributed by atoms with van der Waals surface area (Å²) in [5, 5.41) is 7.98. The Bertz CT molecular complexity index is 296. The molecule has 3 nitrogen and oxygen atoms in total. The number of hydrogen-bond donors (Lipinski definition) is 2. The molecule has 0 aromatic carbocycles. The molecule has 2 rings (SSSR count). The highest BCUT2D eigenvalue weighted by Crippen LogP contribution is 2.21. The molecule has 2 N–H and O–H groups in total. The van der Waals surface area contributed by atoms with E-state index in [1.165, 1.54) is 30.7 Å². The highest BCUT2D eigenvalue weighted by Gasteiger charge is 2.13. The highest BCUT2D eigenvalue weighted by molar-refractivity contribution is 7.15. The molecule has 1 aliphatic heterocycles. The molecule has 15 heavy (non-hydrogen) atoms. The van der Waals surface area contributed by atoms with Crippen molar-refractivity contribution in [1.29, 1.82) is 0 Å². The summed E-state index contributed by atoms with van der Waals surface area (Å²) < 4.78 is 0. The molecule has 1 aliphatic rings. The zero-order valence-electron chi connectivity index (χ0n) is 9.47. The van der Waals surface area contributed by atoms with Crippen LogP contribution in [-0.2, 0) is 0 Å². The van der Waals surface area contributed by atoms with Gasteiger partial charge in [0.15, 0.2) is 5.13 Å². The maximum atomic E-state index is 4.46. The molecule has 4 heteroatoms. The number of anilines is 1. The van der Waals surface area contributed by atoms with Crippen LogP contribution in [0.25, 0.3) is 0 Å². The third-order valence-corrected chi connectivity index (χ3v) is 3.99. The summed E-state index contributed by atoms with van der Waals surface area (Å²) in [5.74, 6) is 0. The number of nitrogens with zero attached hydrogens (tertiary/aromatic N) is 1. The molecule has 1 unspecified atom stereocenters. The lowest BCUT2D eigenvalue weighted by molar-refractivity contribution is 0.574. The molecule has 2 heterocycles. The van der Waals surface area contributed by atoms with E-state index in [2.05, 4.69) is 29.5 Å². The van der Waals surface area contributed by atoms with Crippen LogP contribution in [0, 0.1) is 13.8 Å². The minimum Gasteiger partial charge on any atom is -0.361 e. The minimum atomic E-state index is 0.722. The van der Waals surface area contributed by atoms with Gasteiger partial charge in [0.05, 0.1) is 5.69 Å². The molecule has 0 saturated carbocycles. The van der Waals surface area contributed by atoms with Crippen LogP contribution < -0.4 is 10.6 Å². The molecule has 0 spiro atoms. The van der Waals surface area contributed by atoms with Crippen LogP contribution in [0.2, 0.25) is 0 Å². The second kappa shape index (κ2) is 4.94. The van der Waals surface area contributed by atoms with Crippen molar-refractivity contribution in [2.45, 2.75) is 39.2 Å². The fourth-order valence-corrected chi connectivity index (χ4v) is 2.74. The number of hydrogen-bond acceptors (Lipinski definition) is 4. The van der Waals surface area contributed by atoms with Crippen molar-refractivity contribution >= 4 is 16.5 Å². The van der Waals surface area contributed by atoms with E-state index in [0.717, 1.165) is 23.4 Å². The van der Waals surface area contributed by atoms with Gasteiger partial charge in [0, 0.05) is 17.5 Å². The zero-order chi connectivity index (χ0) is 10.7. The largest absolute Gasteiger partial charge is 0.361 e. The smallest absolute Gasteiger partial charge is 0.183 e. The SMILES string of the molecule is Cc1nc(NCCC2CCCN2)sc1C. The van der Waals surface area contributed by atoms with Gasteiger partial charge in [-0.1, -0.05) is 0 Å². The summed E-state index contributed by atoms with van der Waals surface area (Å²) in [6.07, 6.45) is 3.87. The Balaban J connectivity index is 1.73. The Morgan fingerprint density at radius 1 is 1.53 bits per heavy atom. The molecule has 1 aromatic heterocycles. The molecule has 84 valence electrons. The van der Waals surface area contributed by atoms with E-state index in [-0.39, 0.29) is 0 Å². The highest BCUT2D eigenvalue weighted by atomic mass is 32.1. The monoisotopic (exact) mass is 225 g/mol. The second-order valence-corrected chi connectivity index (χ2v) is 5.37. The van der Waals surface area contributed by atoms with Gasteiger partial charge in [-0.05, 0) is 39.7 Å². The van der Waals surface area contributed by atoms with E-state index in [1.807, 2.05) is 0 Å². The number of nitrogens with one attached hydrogen (secondary N) is 2. The lowest BCUT2D eigenvalue weighted by atomic mass is 10.2. The first-order valence-corrected chi connectivity index (χ1v) is 6.48. The number of thiazole rings is 1. The summed E-state index contributed by atoms with van der Waals surface area (Å²) in [6, 6.07) is 0.722. The van der Waals surface area contributed by atoms with Crippen LogP contribution in [0.5, 0.6) is 0 Å². The van der Waals surface area contributed by atoms with Gasteiger partial charge >= 0.3 is 0 Å². The van der Waals surface area contributed by atoms with Gasteiger partial charge in [-0.2, -0.15) is 0 Å². The Kier molecular flexibility index (Phi) is 3.59. The molecule has 1 aromatic rings. The third-order valence-electron chi connectivity index (χ3n) is 2.96. The Morgan fingerprint density at radius 3 is 3.00 bits per heavy atom. The summed E-state index contributed by atoms with van der Waals surface area (Å²) in [7, 11) is 0. The van der Waals surface area contributed by atoms with Gasteiger partial charge in [0.2, 0.25) is 0 Å². The van der Waals surface area contributed by atoms with Crippen LogP contribution in [0.4, 0.5) is 5.13 Å². The topological polar surface area (TPSA) is 37.0 Å². The predicted molar refractivity (Wildman–Crippen MR) is 65.7 cm³/mol. The van der Waals surface area contributed by atoms with Gasteiger partial charge in [-0.3, -0.25) is 0 Å². The normalized spacial score (nSPS) is 20.8. The standard InChI is InChI=1S/C11H19N3S/c1-8-9(2)15-11(14-8)13-7-5-10-4-3-6-12-10/h10,12H,3-7H2,1-2H3,(H,13,14). The van der Waals surface area contributed by atoms with Gasteiger partial charge in [0.25, 0.3) is 0 Å². The molecule has 0 aliphatic carbocycles. The average Bonchev–Trinajstić information content (AvgIpc) is 2.79. The first-order valence-electron chi connectivity index (χ1n) is 5.67. The minimum absolute atomic E-state index is 0.722. The van der Waals surface area contributed by atoms with Gasteiger partial charge in [-0.25, -0.2) is 4.98 Å². The molecule has 1 fully saturated rings. The third kappa shape index (κ3) is 2.92. The van der Waals surface area contributed by atoms with Gasteiger partial charge in [-0.15, -0.1) is 11.3 Å². The van der Waals surface area contributed by atoms with Gasteiger partial charge < -0.3 is 10.6 Å². The van der Waals surface area contributed by atoms with Crippen molar-refractivity contribution in [2.75, 3.05) is 18.4 Å². The fraction of sp³-hybridized carbons (Fsp3) is 0.727. The van der Waals surface area contributed by atoms with Crippen molar-refractivity contribution in [3.8, 4) is 0 Å². The number of aryl methyl sites for hydroxylation is 2. The van der Waals surface area contributed by atoms with E-state index in [1.54, 1.807) is 11.3 Å². The van der Waals surface area contributed by atoms with E-state index < -0.39 is 0 Å². The molecule has 0 radical (unpaired) electrons. The van der Waals surface area contributed by atoms with Crippen LogP contribution in [0.15, 0.2) is 0 Å². The summed E-state index contributed by atoms with van der Waals surface area (Å²) in [6.45, 7) is 6.41. The maximum Gasteiger partial charge on any atom is 0.183 e. The average molecular weight is 225 g/mol. The summed E-state index contributed by atoms with van der Waals surface area (Å²) >= 11 is 1.75. The van der Waals surface area contributed by atoms with E-state index in [9.17, 15) is 0 Å². The molecule has 1 atom stereocenters. The molecule has 0 amide bonds. The van der Waals surface area contributed by atoms with Crippen LogP contribution in [-0.4, -0.2) is 24.1 Å².